The number of rotatable bonds is 7. The third-order valence-electron chi connectivity index (χ3n) is 2.79. The van der Waals surface area contributed by atoms with Gasteiger partial charge in [-0.15, -0.1) is 28.1 Å². The van der Waals surface area contributed by atoms with Gasteiger partial charge in [0.15, 0.2) is 0 Å². The molecule has 1 fully saturated rings. The first kappa shape index (κ1) is 13.3. The van der Waals surface area contributed by atoms with E-state index < -0.39 is 17.6 Å². The minimum Gasteiger partial charge on any atom is -0.479 e. The number of ether oxygens (including phenoxy) is 2. The highest BCUT2D eigenvalue weighted by Gasteiger charge is 2.48. The van der Waals surface area contributed by atoms with Gasteiger partial charge in [-0.1, -0.05) is 12.2 Å². The van der Waals surface area contributed by atoms with E-state index in [-0.39, 0.29) is 12.1 Å². The van der Waals surface area contributed by atoms with Crippen LogP contribution in [0.15, 0.2) is 25.3 Å². The lowest BCUT2D eigenvalue weighted by atomic mass is 9.91. The van der Waals surface area contributed by atoms with E-state index in [1.54, 1.807) is 12.2 Å². The summed E-state index contributed by atoms with van der Waals surface area (Å²) in [6, 6.07) is -1.38. The van der Waals surface area contributed by atoms with Gasteiger partial charge < -0.3 is 19.7 Å². The van der Waals surface area contributed by atoms with Gasteiger partial charge in [-0.2, -0.15) is 0 Å². The monoisotopic (exact) mass is 265 g/mol. The third kappa shape index (κ3) is 3.00. The van der Waals surface area contributed by atoms with Gasteiger partial charge in [0, 0.05) is 12.8 Å². The number of hydrogen-bond acceptors (Lipinski definition) is 7. The first-order chi connectivity index (χ1) is 9.09. The van der Waals surface area contributed by atoms with Crippen molar-refractivity contribution in [1.82, 2.24) is 15.0 Å². The standard InChI is InChI=1S/C12H15N3O4/c1-3-5-12(6-4-2,8-7-18-8)19-11-14-9(16)13-10(17)15-11/h3-4,8H,1-2,5-7H2,(H2,13,14,15,16,17). The molecule has 0 saturated carbocycles. The Morgan fingerprint density at radius 2 is 1.74 bits per heavy atom. The lowest BCUT2D eigenvalue weighted by Gasteiger charge is -2.30. The van der Waals surface area contributed by atoms with Gasteiger partial charge in [-0.3, -0.25) is 0 Å². The van der Waals surface area contributed by atoms with Crippen molar-refractivity contribution in [3.8, 4) is 18.0 Å². The van der Waals surface area contributed by atoms with Crippen LogP contribution >= 0.6 is 0 Å². The molecule has 1 aromatic rings. The van der Waals surface area contributed by atoms with Gasteiger partial charge in [-0.05, 0) is 0 Å². The molecule has 7 nitrogen and oxygen atoms in total. The fraction of sp³-hybridized carbons (Fsp3) is 0.417. The normalized spacial score (nSPS) is 17.8. The Hall–Kier alpha value is -2.15. The van der Waals surface area contributed by atoms with E-state index in [4.69, 9.17) is 9.47 Å². The summed E-state index contributed by atoms with van der Waals surface area (Å²) in [5.74, 6) is 0. The highest BCUT2D eigenvalue weighted by atomic mass is 16.6. The quantitative estimate of drug-likeness (QED) is 0.559. The Morgan fingerprint density at radius 3 is 2.16 bits per heavy atom. The second-order valence-electron chi connectivity index (χ2n) is 4.19. The van der Waals surface area contributed by atoms with Crippen molar-refractivity contribution in [2.24, 2.45) is 0 Å². The van der Waals surface area contributed by atoms with Gasteiger partial charge in [0.25, 0.3) is 0 Å². The van der Waals surface area contributed by atoms with E-state index in [2.05, 4.69) is 28.1 Å². The average Bonchev–Trinajstić information content (AvgIpc) is 3.11. The summed E-state index contributed by atoms with van der Waals surface area (Å²) in [4.78, 5) is 10.5. The summed E-state index contributed by atoms with van der Waals surface area (Å²) in [5.41, 5.74) is -0.732. The highest BCUT2D eigenvalue weighted by Crippen LogP contribution is 2.35. The minimum absolute atomic E-state index is 0.121. The second kappa shape index (κ2) is 5.23. The predicted octanol–water partition coefficient (Wildman–Crippen LogP) is 0.951. The van der Waals surface area contributed by atoms with Crippen LogP contribution in [-0.4, -0.2) is 43.5 Å². The van der Waals surface area contributed by atoms with Gasteiger partial charge >= 0.3 is 18.0 Å². The van der Waals surface area contributed by atoms with Crippen molar-refractivity contribution in [3.05, 3.63) is 25.3 Å². The third-order valence-corrected chi connectivity index (χ3v) is 2.79. The molecular formula is C12H15N3O4. The van der Waals surface area contributed by atoms with Crippen molar-refractivity contribution in [3.63, 3.8) is 0 Å². The zero-order chi connectivity index (χ0) is 13.9. The van der Waals surface area contributed by atoms with Crippen LogP contribution in [-0.2, 0) is 4.74 Å². The highest BCUT2D eigenvalue weighted by molar-refractivity contribution is 5.12. The molecule has 0 radical (unpaired) electrons. The first-order valence-corrected chi connectivity index (χ1v) is 5.76. The summed E-state index contributed by atoms with van der Waals surface area (Å²) in [7, 11) is 0. The number of nitrogens with zero attached hydrogens (tertiary/aromatic N) is 3. The van der Waals surface area contributed by atoms with Crippen LogP contribution < -0.4 is 4.74 Å². The molecule has 0 bridgehead atoms. The Balaban J connectivity index is 2.27. The smallest absolute Gasteiger partial charge is 0.326 e. The van der Waals surface area contributed by atoms with Crippen LogP contribution in [0.1, 0.15) is 12.8 Å². The Bertz CT molecular complexity index is 458. The summed E-state index contributed by atoms with van der Waals surface area (Å²) in [6.45, 7) is 7.95. The Morgan fingerprint density at radius 1 is 1.21 bits per heavy atom. The number of aromatic hydroxyl groups is 2. The van der Waals surface area contributed by atoms with E-state index in [9.17, 15) is 10.2 Å². The van der Waals surface area contributed by atoms with Crippen molar-refractivity contribution in [1.29, 1.82) is 0 Å². The van der Waals surface area contributed by atoms with Crippen LogP contribution in [0.4, 0.5) is 0 Å². The summed E-state index contributed by atoms with van der Waals surface area (Å²) in [6.07, 6.45) is 4.27. The fourth-order valence-corrected chi connectivity index (χ4v) is 1.90. The van der Waals surface area contributed by atoms with E-state index >= 15 is 0 Å². The lowest BCUT2D eigenvalue weighted by molar-refractivity contribution is 0.0322. The van der Waals surface area contributed by atoms with Gasteiger partial charge in [-0.25, -0.2) is 0 Å². The second-order valence-corrected chi connectivity index (χ2v) is 4.19. The topological polar surface area (TPSA) is 101 Å². The van der Waals surface area contributed by atoms with Crippen molar-refractivity contribution < 1.29 is 19.7 Å². The predicted molar refractivity (Wildman–Crippen MR) is 65.9 cm³/mol. The summed E-state index contributed by atoms with van der Waals surface area (Å²) < 4.78 is 11.0. The van der Waals surface area contributed by atoms with Crippen molar-refractivity contribution in [2.45, 2.75) is 24.5 Å². The first-order valence-electron chi connectivity index (χ1n) is 5.76. The molecule has 7 heteroatoms. The molecule has 1 unspecified atom stereocenters. The average molecular weight is 265 g/mol. The number of epoxide rings is 1. The number of hydrogen-bond donors (Lipinski definition) is 2. The maximum Gasteiger partial charge on any atom is 0.326 e. The van der Waals surface area contributed by atoms with Gasteiger partial charge in [0.05, 0.1) is 6.61 Å². The zero-order valence-corrected chi connectivity index (χ0v) is 10.3. The molecule has 1 atom stereocenters. The molecule has 0 aromatic carbocycles. The molecular weight excluding hydrogens is 250 g/mol. The zero-order valence-electron chi connectivity index (χ0n) is 10.3. The summed E-state index contributed by atoms with van der Waals surface area (Å²) in [5, 5.41) is 18.5. The lowest BCUT2D eigenvalue weighted by Crippen LogP contribution is -2.41. The van der Waals surface area contributed by atoms with Crippen LogP contribution in [0.5, 0.6) is 18.0 Å². The minimum atomic E-state index is -0.732. The molecule has 19 heavy (non-hydrogen) atoms. The Kier molecular flexibility index (Phi) is 3.66. The van der Waals surface area contributed by atoms with E-state index in [0.717, 1.165) is 0 Å². The molecule has 2 N–H and O–H groups in total. The molecule has 102 valence electrons. The molecule has 1 aliphatic heterocycles. The molecule has 1 aliphatic rings. The van der Waals surface area contributed by atoms with E-state index in [0.29, 0.717) is 19.4 Å². The molecule has 0 spiro atoms. The van der Waals surface area contributed by atoms with Crippen LogP contribution in [0.2, 0.25) is 0 Å². The fourth-order valence-electron chi connectivity index (χ4n) is 1.90. The van der Waals surface area contributed by atoms with Crippen LogP contribution in [0.25, 0.3) is 0 Å². The van der Waals surface area contributed by atoms with E-state index in [1.807, 2.05) is 0 Å². The molecule has 2 heterocycles. The largest absolute Gasteiger partial charge is 0.479 e. The molecule has 0 aliphatic carbocycles. The summed E-state index contributed by atoms with van der Waals surface area (Å²) >= 11 is 0. The maximum absolute atomic E-state index is 9.23. The maximum atomic E-state index is 9.23. The molecule has 1 aromatic heterocycles. The van der Waals surface area contributed by atoms with Gasteiger partial charge in [0.1, 0.15) is 11.7 Å². The molecule has 2 rings (SSSR count). The SMILES string of the molecule is C=CCC(CC=C)(Oc1nc(O)nc(O)n1)C1CO1. The van der Waals surface area contributed by atoms with Crippen molar-refractivity contribution >= 4 is 0 Å². The van der Waals surface area contributed by atoms with Crippen LogP contribution in [0.3, 0.4) is 0 Å². The Labute approximate surface area is 110 Å². The van der Waals surface area contributed by atoms with Crippen molar-refractivity contribution in [2.75, 3.05) is 6.61 Å². The van der Waals surface area contributed by atoms with Crippen LogP contribution in [0, 0.1) is 0 Å². The molecule has 1 saturated heterocycles. The number of aromatic nitrogens is 3. The van der Waals surface area contributed by atoms with E-state index in [1.165, 1.54) is 0 Å². The van der Waals surface area contributed by atoms with Gasteiger partial charge in [0.2, 0.25) is 0 Å². The molecule has 0 amide bonds.